The minimum absolute atomic E-state index is 0.0202. The molecule has 1 amide bonds. The van der Waals surface area contributed by atoms with Crippen LogP contribution in [0.4, 0.5) is 0 Å². The van der Waals surface area contributed by atoms with Gasteiger partial charge in [0.2, 0.25) is 5.91 Å². The van der Waals surface area contributed by atoms with Crippen LogP contribution < -0.4 is 5.32 Å². The number of piperazine rings is 1. The Morgan fingerprint density at radius 1 is 1.65 bits per heavy atom. The van der Waals surface area contributed by atoms with Crippen molar-refractivity contribution in [2.75, 3.05) is 13.2 Å². The van der Waals surface area contributed by atoms with Gasteiger partial charge in [0.05, 0.1) is 18.8 Å². The van der Waals surface area contributed by atoms with Crippen LogP contribution in [-0.4, -0.2) is 41.1 Å². The van der Waals surface area contributed by atoms with Crippen molar-refractivity contribution in [2.45, 2.75) is 32.0 Å². The van der Waals surface area contributed by atoms with Crippen LogP contribution in [0.25, 0.3) is 0 Å². The van der Waals surface area contributed by atoms with E-state index in [0.717, 1.165) is 12.3 Å². The minimum Gasteiger partial charge on any atom is -0.467 e. The van der Waals surface area contributed by atoms with Crippen LogP contribution in [0.15, 0.2) is 22.8 Å². The van der Waals surface area contributed by atoms with Crippen molar-refractivity contribution < 1.29 is 14.3 Å². The van der Waals surface area contributed by atoms with E-state index in [-0.39, 0.29) is 24.6 Å². The molecule has 94 valence electrons. The zero-order chi connectivity index (χ0) is 12.3. The molecule has 0 radical (unpaired) electrons. The molecule has 1 saturated heterocycles. The number of amides is 1. The van der Waals surface area contributed by atoms with Gasteiger partial charge in [-0.25, -0.2) is 0 Å². The molecule has 2 rings (SSSR count). The summed E-state index contributed by atoms with van der Waals surface area (Å²) in [6.45, 7) is 3.27. The predicted molar refractivity (Wildman–Crippen MR) is 62.2 cm³/mol. The molecule has 2 atom stereocenters. The summed E-state index contributed by atoms with van der Waals surface area (Å²) in [7, 11) is 0. The van der Waals surface area contributed by atoms with Crippen molar-refractivity contribution in [1.82, 2.24) is 10.2 Å². The number of aliphatic hydroxyl groups excluding tert-OH is 1. The molecule has 0 aliphatic carbocycles. The minimum atomic E-state index is -0.272. The summed E-state index contributed by atoms with van der Waals surface area (Å²) in [4.78, 5) is 14.0. The van der Waals surface area contributed by atoms with Crippen LogP contribution in [0.1, 0.15) is 19.1 Å². The fourth-order valence-electron chi connectivity index (χ4n) is 2.09. The lowest BCUT2D eigenvalue weighted by atomic mass is 10.1. The van der Waals surface area contributed by atoms with Gasteiger partial charge in [-0.1, -0.05) is 0 Å². The first kappa shape index (κ1) is 12.1. The molecule has 5 nitrogen and oxygen atoms in total. The monoisotopic (exact) mass is 238 g/mol. The highest BCUT2D eigenvalue weighted by Crippen LogP contribution is 2.15. The summed E-state index contributed by atoms with van der Waals surface area (Å²) in [5.74, 6) is 0.823. The van der Waals surface area contributed by atoms with E-state index in [1.165, 1.54) is 0 Å². The largest absolute Gasteiger partial charge is 0.467 e. The third kappa shape index (κ3) is 2.68. The van der Waals surface area contributed by atoms with Gasteiger partial charge in [0.15, 0.2) is 0 Å². The van der Waals surface area contributed by atoms with Crippen molar-refractivity contribution in [3.63, 3.8) is 0 Å². The summed E-state index contributed by atoms with van der Waals surface area (Å²) in [6.07, 6.45) is 2.07. The Kier molecular flexibility index (Phi) is 3.81. The molecule has 1 aromatic heterocycles. The van der Waals surface area contributed by atoms with Gasteiger partial charge in [0, 0.05) is 19.2 Å². The van der Waals surface area contributed by atoms with Crippen LogP contribution in [0.2, 0.25) is 0 Å². The molecule has 2 N–H and O–H groups in total. The van der Waals surface area contributed by atoms with E-state index in [4.69, 9.17) is 9.52 Å². The quantitative estimate of drug-likeness (QED) is 0.794. The molecule has 1 aliphatic heterocycles. The van der Waals surface area contributed by atoms with Crippen LogP contribution >= 0.6 is 0 Å². The van der Waals surface area contributed by atoms with Gasteiger partial charge < -0.3 is 19.7 Å². The third-order valence-electron chi connectivity index (χ3n) is 3.10. The highest BCUT2D eigenvalue weighted by molar-refractivity contribution is 5.83. The van der Waals surface area contributed by atoms with Gasteiger partial charge >= 0.3 is 0 Å². The van der Waals surface area contributed by atoms with Crippen LogP contribution in [-0.2, 0) is 11.3 Å². The van der Waals surface area contributed by atoms with Crippen molar-refractivity contribution in [2.24, 2.45) is 0 Å². The Hall–Kier alpha value is -1.33. The highest BCUT2D eigenvalue weighted by Gasteiger charge is 2.32. The normalized spacial score (nSPS) is 25.3. The molecule has 0 saturated carbocycles. The van der Waals surface area contributed by atoms with E-state index in [2.05, 4.69) is 5.32 Å². The summed E-state index contributed by atoms with van der Waals surface area (Å²) < 4.78 is 5.26. The first-order chi connectivity index (χ1) is 8.22. The maximum absolute atomic E-state index is 12.2. The number of carbonyl (C=O) groups excluding carboxylic acids is 1. The van der Waals surface area contributed by atoms with Gasteiger partial charge in [-0.15, -0.1) is 0 Å². The van der Waals surface area contributed by atoms with E-state index in [0.29, 0.717) is 13.0 Å². The van der Waals surface area contributed by atoms with Crippen LogP contribution in [0, 0.1) is 0 Å². The topological polar surface area (TPSA) is 65.7 Å². The molecule has 0 bridgehead atoms. The standard InChI is InChI=1S/C12H18N2O3/c1-9-7-13-11(4-5-15)12(16)14(9)8-10-3-2-6-17-10/h2-3,6,9,11,13,15H,4-5,7-8H2,1H3. The number of aliphatic hydroxyl groups is 1. The van der Waals surface area contributed by atoms with Crippen molar-refractivity contribution in [1.29, 1.82) is 0 Å². The predicted octanol–water partition coefficient (Wildman–Crippen LogP) is 0.351. The smallest absolute Gasteiger partial charge is 0.240 e. The molecule has 1 aliphatic rings. The fourth-order valence-corrected chi connectivity index (χ4v) is 2.09. The Morgan fingerprint density at radius 3 is 3.12 bits per heavy atom. The Morgan fingerprint density at radius 2 is 2.47 bits per heavy atom. The molecule has 2 unspecified atom stereocenters. The second-order valence-corrected chi connectivity index (χ2v) is 4.37. The number of furan rings is 1. The first-order valence-corrected chi connectivity index (χ1v) is 5.89. The maximum Gasteiger partial charge on any atom is 0.240 e. The summed E-state index contributed by atoms with van der Waals surface area (Å²) in [6, 6.07) is 3.55. The first-order valence-electron chi connectivity index (χ1n) is 5.89. The van der Waals surface area contributed by atoms with E-state index in [9.17, 15) is 4.79 Å². The van der Waals surface area contributed by atoms with Crippen LogP contribution in [0.5, 0.6) is 0 Å². The number of rotatable bonds is 4. The van der Waals surface area contributed by atoms with Crippen molar-refractivity contribution in [3.05, 3.63) is 24.2 Å². The van der Waals surface area contributed by atoms with E-state index in [1.54, 1.807) is 11.2 Å². The highest BCUT2D eigenvalue weighted by atomic mass is 16.3. The summed E-state index contributed by atoms with van der Waals surface area (Å²) in [5, 5.41) is 12.1. The molecule has 0 aromatic carbocycles. The molecule has 1 aromatic rings. The van der Waals surface area contributed by atoms with E-state index >= 15 is 0 Å². The Balaban J connectivity index is 2.04. The molecular weight excluding hydrogens is 220 g/mol. The average Bonchev–Trinajstić information content (AvgIpc) is 2.81. The van der Waals surface area contributed by atoms with Crippen molar-refractivity contribution in [3.8, 4) is 0 Å². The second kappa shape index (κ2) is 5.33. The van der Waals surface area contributed by atoms with E-state index < -0.39 is 0 Å². The van der Waals surface area contributed by atoms with Gasteiger partial charge in [0.25, 0.3) is 0 Å². The number of nitrogens with one attached hydrogen (secondary N) is 1. The summed E-state index contributed by atoms with van der Waals surface area (Å²) >= 11 is 0. The molecule has 0 spiro atoms. The molecule has 5 heteroatoms. The third-order valence-corrected chi connectivity index (χ3v) is 3.10. The number of nitrogens with zero attached hydrogens (tertiary/aromatic N) is 1. The lowest BCUT2D eigenvalue weighted by Crippen LogP contribution is -2.58. The van der Waals surface area contributed by atoms with Gasteiger partial charge in [-0.2, -0.15) is 0 Å². The number of carbonyl (C=O) groups is 1. The van der Waals surface area contributed by atoms with E-state index in [1.807, 2.05) is 19.1 Å². The Bertz CT molecular complexity index is 364. The number of hydrogen-bond donors (Lipinski definition) is 2. The lowest BCUT2D eigenvalue weighted by Gasteiger charge is -2.37. The molecular formula is C12H18N2O3. The van der Waals surface area contributed by atoms with Crippen LogP contribution in [0.3, 0.4) is 0 Å². The lowest BCUT2D eigenvalue weighted by molar-refractivity contribution is -0.139. The van der Waals surface area contributed by atoms with Gasteiger partial charge in [-0.05, 0) is 25.5 Å². The SMILES string of the molecule is CC1CNC(CCO)C(=O)N1Cc1ccco1. The van der Waals surface area contributed by atoms with Crippen molar-refractivity contribution >= 4 is 5.91 Å². The fraction of sp³-hybridized carbons (Fsp3) is 0.583. The summed E-state index contributed by atoms with van der Waals surface area (Å²) in [5.41, 5.74) is 0. The molecule has 1 fully saturated rings. The molecule has 17 heavy (non-hydrogen) atoms. The van der Waals surface area contributed by atoms with Gasteiger partial charge in [-0.3, -0.25) is 4.79 Å². The zero-order valence-electron chi connectivity index (χ0n) is 9.93. The second-order valence-electron chi connectivity index (χ2n) is 4.37. The number of hydrogen-bond acceptors (Lipinski definition) is 4. The Labute approximate surface area is 100 Å². The average molecular weight is 238 g/mol. The maximum atomic E-state index is 12.2. The zero-order valence-corrected chi connectivity index (χ0v) is 9.93. The molecule has 2 heterocycles. The van der Waals surface area contributed by atoms with Gasteiger partial charge in [0.1, 0.15) is 5.76 Å².